The first kappa shape index (κ1) is 30.4. The van der Waals surface area contributed by atoms with Crippen LogP contribution in [0.25, 0.3) is 0 Å². The first-order valence-electron chi connectivity index (χ1n) is 14.8. The first-order valence-corrected chi connectivity index (χ1v) is 14.8. The zero-order valence-corrected chi connectivity index (χ0v) is 26.4. The molecule has 3 aliphatic heterocycles. The number of carbonyl (C=O) groups excluding carboxylic acids is 1. The molecular formula is C33H38N4O8. The maximum absolute atomic E-state index is 13.1. The highest BCUT2D eigenvalue weighted by Gasteiger charge is 2.57. The Kier molecular flexibility index (Phi) is 7.71. The fourth-order valence-electron chi connectivity index (χ4n) is 8.10. The zero-order chi connectivity index (χ0) is 32.3. The highest BCUT2D eigenvalue weighted by molar-refractivity contribution is 5.91. The predicted octanol–water partition coefficient (Wildman–Crippen LogP) is 3.54. The van der Waals surface area contributed by atoms with E-state index in [1.807, 2.05) is 20.9 Å². The van der Waals surface area contributed by atoms with Crippen LogP contribution in [0, 0.1) is 25.2 Å². The molecule has 1 aromatic heterocycles. The standard InChI is InChI=1S/C33H38N4O8/c1-15-29(41-4)17-12-20-26-25-18(30(42-5)16(2)32(44-7)28(25)39)11-19(36(26)3)21(13-34)37(20)22(24(17)27(38)31(15)43-6)14-35-33(40)23-9-8-10-45-23/h8-10,19-22,26,38-39H,11-12,14H2,1-7H3,(H,35,40)/t19-,20+,21+,22+,26-/m1/s1. The van der Waals surface area contributed by atoms with E-state index in [9.17, 15) is 20.3 Å². The van der Waals surface area contributed by atoms with E-state index in [-0.39, 0.29) is 35.6 Å². The summed E-state index contributed by atoms with van der Waals surface area (Å²) >= 11 is 0. The van der Waals surface area contributed by atoms with Gasteiger partial charge in [-0.1, -0.05) is 0 Å². The summed E-state index contributed by atoms with van der Waals surface area (Å²) in [5.41, 5.74) is 4.11. The number of hydrogen-bond donors (Lipinski definition) is 3. The molecule has 3 aromatic rings. The Morgan fingerprint density at radius 3 is 2.04 bits per heavy atom. The Morgan fingerprint density at radius 1 is 0.956 bits per heavy atom. The molecule has 0 unspecified atom stereocenters. The number of benzene rings is 2. The monoisotopic (exact) mass is 618 g/mol. The molecule has 12 nitrogen and oxygen atoms in total. The molecule has 0 radical (unpaired) electrons. The Morgan fingerprint density at radius 2 is 1.51 bits per heavy atom. The molecule has 1 saturated heterocycles. The summed E-state index contributed by atoms with van der Waals surface area (Å²) in [6.45, 7) is 3.71. The van der Waals surface area contributed by atoms with Gasteiger partial charge in [-0.15, -0.1) is 0 Å². The van der Waals surface area contributed by atoms with Crippen LogP contribution in [0.3, 0.4) is 0 Å². The van der Waals surface area contributed by atoms with Crippen LogP contribution in [0.2, 0.25) is 0 Å². The van der Waals surface area contributed by atoms with Crippen molar-refractivity contribution in [2.24, 2.45) is 0 Å². The van der Waals surface area contributed by atoms with Crippen LogP contribution in [0.15, 0.2) is 22.8 Å². The van der Waals surface area contributed by atoms with Gasteiger partial charge in [0.15, 0.2) is 28.8 Å². The number of nitriles is 1. The number of rotatable bonds is 7. The van der Waals surface area contributed by atoms with Gasteiger partial charge in [-0.25, -0.2) is 0 Å². The number of furan rings is 1. The maximum atomic E-state index is 13.1. The van der Waals surface area contributed by atoms with E-state index in [0.717, 1.165) is 11.1 Å². The van der Waals surface area contributed by atoms with E-state index in [4.69, 9.17) is 23.4 Å². The van der Waals surface area contributed by atoms with Gasteiger partial charge >= 0.3 is 0 Å². The summed E-state index contributed by atoms with van der Waals surface area (Å²) in [6.07, 6.45) is 2.22. The van der Waals surface area contributed by atoms with Crippen molar-refractivity contribution in [2.75, 3.05) is 42.0 Å². The normalized spacial score (nSPS) is 23.6. The zero-order valence-electron chi connectivity index (χ0n) is 26.4. The third kappa shape index (κ3) is 4.29. The van der Waals surface area contributed by atoms with E-state index in [2.05, 4.69) is 21.2 Å². The Bertz CT molecular complexity index is 1700. The van der Waals surface area contributed by atoms with Crippen molar-refractivity contribution < 1.29 is 38.4 Å². The summed E-state index contributed by atoms with van der Waals surface area (Å²) < 4.78 is 28.5. The van der Waals surface area contributed by atoms with Gasteiger partial charge in [0.2, 0.25) is 0 Å². The fraction of sp³-hybridized carbons (Fsp3) is 0.455. The van der Waals surface area contributed by atoms with E-state index in [0.29, 0.717) is 52.3 Å². The van der Waals surface area contributed by atoms with Crippen molar-refractivity contribution in [2.45, 2.75) is 56.9 Å². The molecule has 238 valence electrons. The van der Waals surface area contributed by atoms with Crippen LogP contribution in [-0.4, -0.2) is 86.1 Å². The van der Waals surface area contributed by atoms with Gasteiger partial charge in [0.05, 0.1) is 52.9 Å². The summed E-state index contributed by atoms with van der Waals surface area (Å²) in [7, 11) is 8.13. The lowest BCUT2D eigenvalue weighted by molar-refractivity contribution is -0.0725. The van der Waals surface area contributed by atoms with Crippen molar-refractivity contribution in [3.8, 4) is 40.6 Å². The second-order valence-electron chi connectivity index (χ2n) is 11.7. The molecule has 0 spiro atoms. The van der Waals surface area contributed by atoms with Crippen LogP contribution in [-0.2, 0) is 12.8 Å². The third-order valence-corrected chi connectivity index (χ3v) is 9.86. The highest BCUT2D eigenvalue weighted by Crippen LogP contribution is 2.58. The highest BCUT2D eigenvalue weighted by atomic mass is 16.5. The summed E-state index contributed by atoms with van der Waals surface area (Å²) in [5, 5.41) is 37.2. The summed E-state index contributed by atoms with van der Waals surface area (Å²) in [4.78, 5) is 17.3. The average Bonchev–Trinajstić information content (AvgIpc) is 3.56. The Labute approximate surface area is 261 Å². The van der Waals surface area contributed by atoms with Crippen LogP contribution in [0.1, 0.15) is 56.0 Å². The molecule has 6 rings (SSSR count). The predicted molar refractivity (Wildman–Crippen MR) is 162 cm³/mol. The number of carbonyl (C=O) groups is 1. The van der Waals surface area contributed by atoms with Crippen LogP contribution >= 0.6 is 0 Å². The molecule has 0 aliphatic carbocycles. The molecular weight excluding hydrogens is 580 g/mol. The van der Waals surface area contributed by atoms with Gasteiger partial charge in [-0.2, -0.15) is 5.26 Å². The largest absolute Gasteiger partial charge is 0.504 e. The minimum atomic E-state index is -0.664. The van der Waals surface area contributed by atoms with Crippen molar-refractivity contribution >= 4 is 5.91 Å². The van der Waals surface area contributed by atoms with Crippen molar-refractivity contribution in [1.82, 2.24) is 15.1 Å². The average molecular weight is 619 g/mol. The molecule has 2 bridgehead atoms. The third-order valence-electron chi connectivity index (χ3n) is 9.86. The molecule has 12 heteroatoms. The maximum Gasteiger partial charge on any atom is 0.287 e. The van der Waals surface area contributed by atoms with Gasteiger partial charge in [-0.3, -0.25) is 14.6 Å². The minimum absolute atomic E-state index is 0.0330. The van der Waals surface area contributed by atoms with Crippen LogP contribution in [0.4, 0.5) is 0 Å². The molecule has 4 heterocycles. The molecule has 1 fully saturated rings. The number of phenolic OH excluding ortho intramolecular Hbond substituents is 2. The van der Waals surface area contributed by atoms with Gasteiger partial charge in [0, 0.05) is 52.0 Å². The van der Waals surface area contributed by atoms with Crippen LogP contribution < -0.4 is 24.3 Å². The number of amides is 1. The molecule has 45 heavy (non-hydrogen) atoms. The number of nitrogens with one attached hydrogen (secondary N) is 1. The van der Waals surface area contributed by atoms with Gasteiger partial charge < -0.3 is 38.9 Å². The number of piperazine rings is 1. The molecule has 1 amide bonds. The SMILES string of the molecule is COc1c(C)c(OC)c2c(c1O)[C@H]1[C@@H]3Cc4c(OC)c(C)c(OC)c(O)c4[C@H](CNC(=O)c4ccco4)N3[C@@H](C#N)[C@@H](C2)N1C. The second-order valence-corrected chi connectivity index (χ2v) is 11.7. The van der Waals surface area contributed by atoms with E-state index in [1.165, 1.54) is 20.5 Å². The summed E-state index contributed by atoms with van der Waals surface area (Å²) in [6, 6.07) is 3.34. The Balaban J connectivity index is 1.60. The molecule has 0 saturated carbocycles. The van der Waals surface area contributed by atoms with E-state index >= 15 is 0 Å². The number of phenols is 2. The van der Waals surface area contributed by atoms with Gasteiger partial charge in [-0.05, 0) is 45.9 Å². The first-order chi connectivity index (χ1) is 21.6. The smallest absolute Gasteiger partial charge is 0.287 e. The van der Waals surface area contributed by atoms with Gasteiger partial charge in [0.25, 0.3) is 5.91 Å². The molecule has 5 atom stereocenters. The number of likely N-dealkylation sites (N-methyl/N-ethyl adjacent to an activating group) is 1. The fourth-order valence-corrected chi connectivity index (χ4v) is 8.10. The topological polar surface area (TPSA) is 150 Å². The number of hydrogen-bond acceptors (Lipinski definition) is 11. The number of fused-ring (bicyclic) bond motifs is 7. The molecule has 3 N–H and O–H groups in total. The number of ether oxygens (including phenoxy) is 4. The van der Waals surface area contributed by atoms with E-state index in [1.54, 1.807) is 26.4 Å². The van der Waals surface area contributed by atoms with Crippen molar-refractivity contribution in [1.29, 1.82) is 5.26 Å². The number of methoxy groups -OCH3 is 4. The minimum Gasteiger partial charge on any atom is -0.504 e. The van der Waals surface area contributed by atoms with Crippen LogP contribution in [0.5, 0.6) is 34.5 Å². The quantitative estimate of drug-likeness (QED) is 0.357. The lowest BCUT2D eigenvalue weighted by Crippen LogP contribution is -2.68. The number of aromatic hydroxyl groups is 2. The second kappa shape index (κ2) is 11.4. The van der Waals surface area contributed by atoms with Gasteiger partial charge in [0.1, 0.15) is 17.5 Å². The summed E-state index contributed by atoms with van der Waals surface area (Å²) in [5.74, 6) is 1.47. The Hall–Kier alpha value is -4.60. The lowest BCUT2D eigenvalue weighted by atomic mass is 9.71. The van der Waals surface area contributed by atoms with E-state index < -0.39 is 30.1 Å². The molecule has 3 aliphatic rings. The van der Waals surface area contributed by atoms with Crippen molar-refractivity contribution in [3.63, 3.8) is 0 Å². The molecule has 2 aromatic carbocycles. The lowest BCUT2D eigenvalue weighted by Gasteiger charge is -2.60. The van der Waals surface area contributed by atoms with Crippen molar-refractivity contribution in [3.05, 3.63) is 57.5 Å². The number of nitrogens with zero attached hydrogens (tertiary/aromatic N) is 3.